The van der Waals surface area contributed by atoms with E-state index in [0.29, 0.717) is 5.76 Å². The molecule has 12 heavy (non-hydrogen) atoms. The molecule has 0 aromatic heterocycles. The second kappa shape index (κ2) is 5.38. The van der Waals surface area contributed by atoms with Crippen LogP contribution in [-0.4, -0.2) is 0 Å². The first-order chi connectivity index (χ1) is 5.71. The van der Waals surface area contributed by atoms with E-state index < -0.39 is 0 Å². The molecular formula is C10H15NO. The molecule has 0 fully saturated rings. The molecule has 0 unspecified atom stereocenters. The third-order valence-corrected chi connectivity index (χ3v) is 1.57. The summed E-state index contributed by atoms with van der Waals surface area (Å²) in [6, 6.07) is 0. The zero-order valence-electron chi connectivity index (χ0n) is 7.47. The zero-order valence-corrected chi connectivity index (χ0v) is 7.47. The Balaban J connectivity index is 4.93. The van der Waals surface area contributed by atoms with Gasteiger partial charge in [-0.1, -0.05) is 38.8 Å². The van der Waals surface area contributed by atoms with Gasteiger partial charge >= 0.3 is 0 Å². The van der Waals surface area contributed by atoms with Crippen molar-refractivity contribution in [2.24, 2.45) is 5.90 Å². The van der Waals surface area contributed by atoms with Gasteiger partial charge in [0, 0.05) is 5.57 Å². The van der Waals surface area contributed by atoms with Gasteiger partial charge in [-0.3, -0.25) is 0 Å². The molecule has 0 amide bonds. The first-order valence-electron chi connectivity index (χ1n) is 3.75. The van der Waals surface area contributed by atoms with E-state index in [-0.39, 0.29) is 0 Å². The fourth-order valence-corrected chi connectivity index (χ4v) is 0.785. The first kappa shape index (κ1) is 10.7. The number of hydrogen-bond donors (Lipinski definition) is 1. The van der Waals surface area contributed by atoms with Gasteiger partial charge in [-0.15, -0.1) is 0 Å². The van der Waals surface area contributed by atoms with Crippen molar-refractivity contribution in [2.75, 3.05) is 0 Å². The lowest BCUT2D eigenvalue weighted by Crippen LogP contribution is -2.03. The van der Waals surface area contributed by atoms with Gasteiger partial charge in [-0.2, -0.15) is 5.90 Å². The highest BCUT2D eigenvalue weighted by Crippen LogP contribution is 2.17. The van der Waals surface area contributed by atoms with Crippen LogP contribution in [0.3, 0.4) is 0 Å². The maximum absolute atomic E-state index is 5.09. The van der Waals surface area contributed by atoms with Crippen molar-refractivity contribution in [3.8, 4) is 0 Å². The number of allylic oxidation sites excluding steroid dienone is 4. The lowest BCUT2D eigenvalue weighted by molar-refractivity contribution is 0.226. The molecule has 0 aromatic carbocycles. The van der Waals surface area contributed by atoms with Crippen molar-refractivity contribution in [3.63, 3.8) is 0 Å². The quantitative estimate of drug-likeness (QED) is 0.386. The van der Waals surface area contributed by atoms with Crippen LogP contribution in [0, 0.1) is 0 Å². The number of nitrogens with two attached hydrogens (primary N) is 1. The molecule has 0 radical (unpaired) electrons. The van der Waals surface area contributed by atoms with E-state index in [2.05, 4.69) is 24.6 Å². The van der Waals surface area contributed by atoms with Crippen molar-refractivity contribution in [1.82, 2.24) is 0 Å². The molecule has 2 heteroatoms. The van der Waals surface area contributed by atoms with E-state index in [1.165, 1.54) is 0 Å². The van der Waals surface area contributed by atoms with E-state index in [1.54, 1.807) is 12.2 Å². The van der Waals surface area contributed by atoms with Crippen molar-refractivity contribution >= 4 is 0 Å². The molecule has 0 heterocycles. The van der Waals surface area contributed by atoms with Gasteiger partial charge in [0.15, 0.2) is 5.76 Å². The lowest BCUT2D eigenvalue weighted by atomic mass is 10.1. The molecule has 0 aliphatic heterocycles. The summed E-state index contributed by atoms with van der Waals surface area (Å²) in [6.07, 6.45) is 4.06. The van der Waals surface area contributed by atoms with Crippen LogP contribution in [0.4, 0.5) is 0 Å². The molecule has 66 valence electrons. The van der Waals surface area contributed by atoms with Crippen LogP contribution >= 0.6 is 0 Å². The van der Waals surface area contributed by atoms with Gasteiger partial charge in [0.1, 0.15) is 0 Å². The van der Waals surface area contributed by atoms with Crippen LogP contribution in [-0.2, 0) is 4.84 Å². The maximum Gasteiger partial charge on any atom is 0.156 e. The first-order valence-corrected chi connectivity index (χ1v) is 3.75. The highest BCUT2D eigenvalue weighted by Gasteiger charge is 2.04. The fourth-order valence-electron chi connectivity index (χ4n) is 0.785. The van der Waals surface area contributed by atoms with Gasteiger partial charge in [0.05, 0.1) is 0 Å². The van der Waals surface area contributed by atoms with Crippen LogP contribution in [0.1, 0.15) is 13.3 Å². The van der Waals surface area contributed by atoms with Crippen LogP contribution in [0.2, 0.25) is 0 Å². The minimum absolute atomic E-state index is 0.558. The summed E-state index contributed by atoms with van der Waals surface area (Å²) in [4.78, 5) is 4.68. The predicted octanol–water partition coefficient (Wildman–Crippen LogP) is 2.47. The Hall–Kier alpha value is -1.28. The van der Waals surface area contributed by atoms with Crippen molar-refractivity contribution in [2.45, 2.75) is 13.3 Å². The molecule has 0 saturated carbocycles. The minimum Gasteiger partial charge on any atom is -0.411 e. The summed E-state index contributed by atoms with van der Waals surface area (Å²) in [5.41, 5.74) is 1.61. The van der Waals surface area contributed by atoms with E-state index in [4.69, 9.17) is 5.90 Å². The highest BCUT2D eigenvalue weighted by molar-refractivity contribution is 5.39. The topological polar surface area (TPSA) is 35.2 Å². The largest absolute Gasteiger partial charge is 0.411 e. The van der Waals surface area contributed by atoms with Gasteiger partial charge in [-0.05, 0) is 12.0 Å². The SMILES string of the molecule is C=CC(C=C)=C(ON)C(=C)CC. The summed E-state index contributed by atoms with van der Waals surface area (Å²) in [5, 5.41) is 0. The second-order valence-corrected chi connectivity index (χ2v) is 2.27. The van der Waals surface area contributed by atoms with Gasteiger partial charge < -0.3 is 4.84 Å². The Bertz CT molecular complexity index is 216. The Morgan fingerprint density at radius 3 is 2.17 bits per heavy atom. The summed E-state index contributed by atoms with van der Waals surface area (Å²) >= 11 is 0. The Kier molecular flexibility index (Phi) is 4.81. The molecule has 0 bridgehead atoms. The average Bonchev–Trinajstić information content (AvgIpc) is 2.12. The molecular weight excluding hydrogens is 150 g/mol. The minimum atomic E-state index is 0.558. The van der Waals surface area contributed by atoms with E-state index >= 15 is 0 Å². The summed E-state index contributed by atoms with van der Waals surface area (Å²) in [7, 11) is 0. The van der Waals surface area contributed by atoms with Crippen LogP contribution < -0.4 is 5.90 Å². The van der Waals surface area contributed by atoms with Crippen LogP contribution in [0.5, 0.6) is 0 Å². The molecule has 0 atom stereocenters. The highest BCUT2D eigenvalue weighted by atomic mass is 16.6. The summed E-state index contributed by atoms with van der Waals surface area (Å²) in [5.74, 6) is 5.64. The molecule has 0 spiro atoms. The zero-order chi connectivity index (χ0) is 9.56. The van der Waals surface area contributed by atoms with Gasteiger partial charge in [-0.25, -0.2) is 0 Å². The van der Waals surface area contributed by atoms with Crippen LogP contribution in [0.25, 0.3) is 0 Å². The van der Waals surface area contributed by atoms with Gasteiger partial charge in [0.25, 0.3) is 0 Å². The third kappa shape index (κ3) is 2.40. The summed E-state index contributed by atoms with van der Waals surface area (Å²) in [6.45, 7) is 13.0. The Morgan fingerprint density at radius 2 is 1.92 bits per heavy atom. The maximum atomic E-state index is 5.09. The molecule has 0 aliphatic carbocycles. The Labute approximate surface area is 73.7 Å². The molecule has 2 N–H and O–H groups in total. The average molecular weight is 165 g/mol. The smallest absolute Gasteiger partial charge is 0.156 e. The van der Waals surface area contributed by atoms with Gasteiger partial charge in [0.2, 0.25) is 0 Å². The normalized spacial score (nSPS) is 8.50. The lowest BCUT2D eigenvalue weighted by Gasteiger charge is -2.08. The monoisotopic (exact) mass is 165 g/mol. The fraction of sp³-hybridized carbons (Fsp3) is 0.200. The van der Waals surface area contributed by atoms with E-state index in [9.17, 15) is 0 Å². The van der Waals surface area contributed by atoms with Crippen molar-refractivity contribution in [3.05, 3.63) is 48.8 Å². The second-order valence-electron chi connectivity index (χ2n) is 2.27. The number of hydrogen-bond acceptors (Lipinski definition) is 2. The van der Waals surface area contributed by atoms with E-state index in [0.717, 1.165) is 17.6 Å². The molecule has 0 aromatic rings. The van der Waals surface area contributed by atoms with E-state index in [1.807, 2.05) is 6.92 Å². The molecule has 0 aliphatic rings. The molecule has 2 nitrogen and oxygen atoms in total. The third-order valence-electron chi connectivity index (χ3n) is 1.57. The van der Waals surface area contributed by atoms with Crippen molar-refractivity contribution in [1.29, 1.82) is 0 Å². The molecule has 0 saturated heterocycles. The van der Waals surface area contributed by atoms with Crippen LogP contribution in [0.15, 0.2) is 48.8 Å². The Morgan fingerprint density at radius 1 is 1.42 bits per heavy atom. The molecule has 0 rings (SSSR count). The standard InChI is InChI=1S/C10H15NO/c1-5-8(4)10(12-11)9(6-2)7-3/h6-7H,2-5,11H2,1H3. The predicted molar refractivity (Wildman–Crippen MR) is 52.1 cm³/mol. The number of rotatable bonds is 5. The van der Waals surface area contributed by atoms with Crippen molar-refractivity contribution < 1.29 is 4.84 Å². The summed E-state index contributed by atoms with van der Waals surface area (Å²) < 4.78 is 0.